The van der Waals surface area contributed by atoms with Crippen LogP contribution in [0.5, 0.6) is 0 Å². The minimum atomic E-state index is -3.55. The molecule has 0 aliphatic carbocycles. The minimum absolute atomic E-state index is 0.0880. The van der Waals surface area contributed by atoms with E-state index in [1.165, 1.54) is 24.3 Å². The van der Waals surface area contributed by atoms with Crippen molar-refractivity contribution in [2.24, 2.45) is 0 Å². The Morgan fingerprint density at radius 2 is 1.76 bits per heavy atom. The standard InChI is InChI=1S/C13H18N2O5S/c1-3-9-14-21(18,19)11-7-5-10(6-8-11)15-12(16)13(17)20-4-2/h5-8,14H,3-4,9H2,1-2H3,(H,15,16). The zero-order valence-corrected chi connectivity index (χ0v) is 12.7. The van der Waals surface area contributed by atoms with Crippen LogP contribution in [0.3, 0.4) is 0 Å². The Kier molecular flexibility index (Phi) is 6.32. The summed E-state index contributed by atoms with van der Waals surface area (Å²) in [4.78, 5) is 22.6. The molecule has 0 unspecified atom stereocenters. The molecule has 7 nitrogen and oxygen atoms in total. The van der Waals surface area contributed by atoms with E-state index in [9.17, 15) is 18.0 Å². The van der Waals surface area contributed by atoms with Crippen molar-refractivity contribution in [3.63, 3.8) is 0 Å². The summed E-state index contributed by atoms with van der Waals surface area (Å²) in [6.07, 6.45) is 0.687. The molecule has 21 heavy (non-hydrogen) atoms. The molecule has 0 aliphatic rings. The second-order valence-corrected chi connectivity index (χ2v) is 5.86. The number of amides is 1. The number of esters is 1. The summed E-state index contributed by atoms with van der Waals surface area (Å²) in [5.41, 5.74) is 0.308. The average molecular weight is 314 g/mol. The first-order valence-corrected chi connectivity index (χ1v) is 7.96. The summed E-state index contributed by atoms with van der Waals surface area (Å²) in [6, 6.07) is 5.49. The van der Waals surface area contributed by atoms with Gasteiger partial charge in [-0.1, -0.05) is 6.92 Å². The van der Waals surface area contributed by atoms with Gasteiger partial charge in [-0.05, 0) is 37.6 Å². The third kappa shape index (κ3) is 5.16. The van der Waals surface area contributed by atoms with E-state index in [0.717, 1.165) is 0 Å². The summed E-state index contributed by atoms with van der Waals surface area (Å²) in [7, 11) is -3.55. The molecule has 1 rings (SSSR count). The Morgan fingerprint density at radius 3 is 2.29 bits per heavy atom. The summed E-state index contributed by atoms with van der Waals surface area (Å²) in [5.74, 6) is -1.89. The van der Waals surface area contributed by atoms with Gasteiger partial charge in [-0.25, -0.2) is 17.9 Å². The van der Waals surface area contributed by atoms with Crippen molar-refractivity contribution in [3.8, 4) is 0 Å². The largest absolute Gasteiger partial charge is 0.459 e. The number of carbonyl (C=O) groups is 2. The van der Waals surface area contributed by atoms with Crippen molar-refractivity contribution in [3.05, 3.63) is 24.3 Å². The first kappa shape index (κ1) is 17.1. The van der Waals surface area contributed by atoms with E-state index in [1.807, 2.05) is 6.92 Å². The zero-order chi connectivity index (χ0) is 15.9. The molecule has 1 amide bonds. The molecule has 1 aromatic rings. The Hall–Kier alpha value is -1.93. The van der Waals surface area contributed by atoms with Gasteiger partial charge in [0.2, 0.25) is 10.0 Å². The van der Waals surface area contributed by atoms with E-state index in [2.05, 4.69) is 14.8 Å². The molecule has 0 heterocycles. The van der Waals surface area contributed by atoms with Crippen LogP contribution in [0.15, 0.2) is 29.2 Å². The van der Waals surface area contributed by atoms with Crippen LogP contribution in [0.4, 0.5) is 5.69 Å². The third-order valence-corrected chi connectivity index (χ3v) is 3.90. The number of ether oxygens (including phenoxy) is 1. The average Bonchev–Trinajstić information content (AvgIpc) is 2.46. The van der Waals surface area contributed by atoms with Crippen molar-refractivity contribution in [1.29, 1.82) is 0 Å². The number of rotatable bonds is 6. The van der Waals surface area contributed by atoms with E-state index in [1.54, 1.807) is 6.92 Å². The number of anilines is 1. The molecule has 0 bridgehead atoms. The van der Waals surface area contributed by atoms with E-state index in [4.69, 9.17) is 0 Å². The lowest BCUT2D eigenvalue weighted by Crippen LogP contribution is -2.25. The second kappa shape index (κ2) is 7.75. The molecule has 0 spiro atoms. The van der Waals surface area contributed by atoms with Crippen molar-refractivity contribution >= 4 is 27.6 Å². The molecule has 0 atom stereocenters. The van der Waals surface area contributed by atoms with E-state index in [0.29, 0.717) is 18.7 Å². The van der Waals surface area contributed by atoms with E-state index >= 15 is 0 Å². The lowest BCUT2D eigenvalue weighted by atomic mass is 10.3. The maximum atomic E-state index is 11.8. The SMILES string of the molecule is CCCNS(=O)(=O)c1ccc(NC(=O)C(=O)OCC)cc1. The van der Waals surface area contributed by atoms with Gasteiger partial charge in [0.1, 0.15) is 0 Å². The highest BCUT2D eigenvalue weighted by atomic mass is 32.2. The summed E-state index contributed by atoms with van der Waals surface area (Å²) >= 11 is 0. The third-order valence-electron chi connectivity index (χ3n) is 2.43. The molecule has 2 N–H and O–H groups in total. The summed E-state index contributed by atoms with van der Waals surface area (Å²) in [5, 5.41) is 2.32. The van der Waals surface area contributed by atoms with Crippen molar-refractivity contribution in [2.75, 3.05) is 18.5 Å². The van der Waals surface area contributed by atoms with Crippen LogP contribution < -0.4 is 10.0 Å². The molecular weight excluding hydrogens is 296 g/mol. The van der Waals surface area contributed by atoms with Gasteiger partial charge < -0.3 is 10.1 Å². The maximum Gasteiger partial charge on any atom is 0.397 e. The first-order chi connectivity index (χ1) is 9.90. The predicted octanol–water partition coefficient (Wildman–Crippen LogP) is 0.876. The zero-order valence-electron chi connectivity index (χ0n) is 11.9. The lowest BCUT2D eigenvalue weighted by Gasteiger charge is -2.07. The predicted molar refractivity (Wildman–Crippen MR) is 77.2 cm³/mol. The molecular formula is C13H18N2O5S. The highest BCUT2D eigenvalue weighted by molar-refractivity contribution is 7.89. The first-order valence-electron chi connectivity index (χ1n) is 6.48. The summed E-state index contributed by atoms with van der Waals surface area (Å²) in [6.45, 7) is 3.90. The normalized spacial score (nSPS) is 11.0. The molecule has 0 aliphatic heterocycles. The molecule has 0 saturated carbocycles. The van der Waals surface area contributed by atoms with Crippen LogP contribution in [0.1, 0.15) is 20.3 Å². The smallest absolute Gasteiger partial charge is 0.397 e. The van der Waals surface area contributed by atoms with Crippen LogP contribution >= 0.6 is 0 Å². The highest BCUT2D eigenvalue weighted by Crippen LogP contribution is 2.14. The van der Waals surface area contributed by atoms with Gasteiger partial charge in [0.25, 0.3) is 0 Å². The van der Waals surface area contributed by atoms with Crippen molar-refractivity contribution < 1.29 is 22.7 Å². The molecule has 8 heteroatoms. The van der Waals surface area contributed by atoms with Crippen LogP contribution in [0.25, 0.3) is 0 Å². The topological polar surface area (TPSA) is 102 Å². The lowest BCUT2D eigenvalue weighted by molar-refractivity contribution is -0.152. The Labute approximate surface area is 123 Å². The fourth-order valence-electron chi connectivity index (χ4n) is 1.42. The molecule has 116 valence electrons. The molecule has 0 radical (unpaired) electrons. The molecule has 1 aromatic carbocycles. The quantitative estimate of drug-likeness (QED) is 0.599. The Balaban J connectivity index is 2.74. The number of benzene rings is 1. The number of carbonyl (C=O) groups excluding carboxylic acids is 2. The van der Waals surface area contributed by atoms with Crippen LogP contribution in [-0.4, -0.2) is 33.4 Å². The van der Waals surface area contributed by atoms with Gasteiger partial charge in [-0.2, -0.15) is 0 Å². The van der Waals surface area contributed by atoms with Crippen LogP contribution in [0, 0.1) is 0 Å². The maximum absolute atomic E-state index is 11.8. The van der Waals surface area contributed by atoms with Crippen molar-refractivity contribution in [1.82, 2.24) is 4.72 Å². The second-order valence-electron chi connectivity index (χ2n) is 4.10. The number of nitrogens with one attached hydrogen (secondary N) is 2. The number of hydrogen-bond acceptors (Lipinski definition) is 5. The van der Waals surface area contributed by atoms with E-state index in [-0.39, 0.29) is 11.5 Å². The van der Waals surface area contributed by atoms with Gasteiger partial charge >= 0.3 is 11.9 Å². The van der Waals surface area contributed by atoms with Crippen LogP contribution in [0.2, 0.25) is 0 Å². The fraction of sp³-hybridized carbons (Fsp3) is 0.385. The molecule has 0 saturated heterocycles. The van der Waals surface area contributed by atoms with Gasteiger partial charge in [0.05, 0.1) is 11.5 Å². The van der Waals surface area contributed by atoms with Gasteiger partial charge in [-0.15, -0.1) is 0 Å². The molecule has 0 aromatic heterocycles. The summed E-state index contributed by atoms with van der Waals surface area (Å²) < 4.78 is 30.7. The van der Waals surface area contributed by atoms with Gasteiger partial charge in [-0.3, -0.25) is 4.79 Å². The number of sulfonamides is 1. The minimum Gasteiger partial charge on any atom is -0.459 e. The fourth-order valence-corrected chi connectivity index (χ4v) is 2.55. The Morgan fingerprint density at radius 1 is 1.14 bits per heavy atom. The number of hydrogen-bond donors (Lipinski definition) is 2. The molecule has 0 fully saturated rings. The van der Waals surface area contributed by atoms with E-state index < -0.39 is 21.9 Å². The van der Waals surface area contributed by atoms with Gasteiger partial charge in [0.15, 0.2) is 0 Å². The van der Waals surface area contributed by atoms with Crippen molar-refractivity contribution in [2.45, 2.75) is 25.2 Å². The monoisotopic (exact) mass is 314 g/mol. The highest BCUT2D eigenvalue weighted by Gasteiger charge is 2.16. The van der Waals surface area contributed by atoms with Gasteiger partial charge in [0, 0.05) is 12.2 Å². The van der Waals surface area contributed by atoms with Crippen LogP contribution in [-0.2, 0) is 24.3 Å². The Bertz CT molecular complexity index is 595.